The van der Waals surface area contributed by atoms with Crippen LogP contribution in [-0.4, -0.2) is 29.8 Å². The summed E-state index contributed by atoms with van der Waals surface area (Å²) in [4.78, 5) is 7.75. The van der Waals surface area contributed by atoms with Crippen LogP contribution in [0, 0.1) is 5.92 Å². The number of nitrogens with zero attached hydrogens (tertiary/aromatic N) is 2. The van der Waals surface area contributed by atoms with Crippen molar-refractivity contribution in [3.8, 4) is 5.75 Å². The van der Waals surface area contributed by atoms with Crippen molar-refractivity contribution in [1.29, 1.82) is 0 Å². The van der Waals surface area contributed by atoms with Crippen LogP contribution in [0.25, 0.3) is 0 Å². The molecule has 1 aliphatic heterocycles. The average Bonchev–Trinajstić information content (AvgIpc) is 3.17. The standard InChI is InChI=1S/C27H31N3O2S/c1-20(2)26-27(33-24-11-7-10-23(16-24)31-3)30(17-21-12-14-28-15-13-21)25(29-26)19-32-18-22-8-5-4-6-9-22/h4-16,20,25,29H,17-19H2,1-3H3. The molecule has 0 saturated heterocycles. The molecule has 0 saturated carbocycles. The molecule has 4 rings (SSSR count). The molecule has 1 N–H and O–H groups in total. The predicted molar refractivity (Wildman–Crippen MR) is 134 cm³/mol. The summed E-state index contributed by atoms with van der Waals surface area (Å²) in [5, 5.41) is 4.98. The van der Waals surface area contributed by atoms with Crippen molar-refractivity contribution in [1.82, 2.24) is 15.2 Å². The molecule has 1 unspecified atom stereocenters. The largest absolute Gasteiger partial charge is 0.497 e. The fraction of sp³-hybridized carbons (Fsp3) is 0.296. The van der Waals surface area contributed by atoms with E-state index in [-0.39, 0.29) is 6.17 Å². The molecule has 0 radical (unpaired) electrons. The third-order valence-corrected chi connectivity index (χ3v) is 6.65. The number of rotatable bonds is 10. The van der Waals surface area contributed by atoms with Gasteiger partial charge in [-0.3, -0.25) is 4.98 Å². The number of nitrogens with one attached hydrogen (secondary N) is 1. The summed E-state index contributed by atoms with van der Waals surface area (Å²) in [5.74, 6) is 1.22. The molecular weight excluding hydrogens is 430 g/mol. The Morgan fingerprint density at radius 1 is 1.00 bits per heavy atom. The summed E-state index contributed by atoms with van der Waals surface area (Å²) in [5.41, 5.74) is 3.64. The van der Waals surface area contributed by atoms with Gasteiger partial charge in [-0.25, -0.2) is 0 Å². The van der Waals surface area contributed by atoms with E-state index in [1.165, 1.54) is 21.9 Å². The molecule has 3 aromatic rings. The maximum absolute atomic E-state index is 6.16. The number of pyridine rings is 1. The van der Waals surface area contributed by atoms with Gasteiger partial charge in [-0.15, -0.1) is 0 Å². The molecule has 0 fully saturated rings. The highest BCUT2D eigenvalue weighted by molar-refractivity contribution is 8.03. The molecular formula is C27H31N3O2S. The van der Waals surface area contributed by atoms with Crippen LogP contribution in [0.2, 0.25) is 0 Å². The van der Waals surface area contributed by atoms with E-state index in [0.29, 0.717) is 19.1 Å². The lowest BCUT2D eigenvalue weighted by atomic mass is 10.1. The first-order chi connectivity index (χ1) is 16.1. The Hall–Kier alpha value is -2.96. The summed E-state index contributed by atoms with van der Waals surface area (Å²) in [6.45, 7) is 6.41. The molecule has 172 valence electrons. The van der Waals surface area contributed by atoms with Gasteiger partial charge in [0, 0.05) is 29.5 Å². The van der Waals surface area contributed by atoms with Gasteiger partial charge in [0.15, 0.2) is 0 Å². The van der Waals surface area contributed by atoms with Crippen LogP contribution in [0.15, 0.2) is 94.7 Å². The first-order valence-corrected chi connectivity index (χ1v) is 12.1. The number of methoxy groups -OCH3 is 1. The molecule has 1 atom stereocenters. The molecule has 0 amide bonds. The second-order valence-electron chi connectivity index (χ2n) is 8.30. The summed E-state index contributed by atoms with van der Waals surface area (Å²) < 4.78 is 11.6. The van der Waals surface area contributed by atoms with Crippen molar-refractivity contribution in [3.63, 3.8) is 0 Å². The molecule has 0 aliphatic carbocycles. The summed E-state index contributed by atoms with van der Waals surface area (Å²) >= 11 is 1.77. The molecule has 6 heteroatoms. The Morgan fingerprint density at radius 2 is 1.79 bits per heavy atom. The van der Waals surface area contributed by atoms with Crippen LogP contribution in [0.4, 0.5) is 0 Å². The van der Waals surface area contributed by atoms with Crippen molar-refractivity contribution >= 4 is 11.8 Å². The van der Waals surface area contributed by atoms with Gasteiger partial charge >= 0.3 is 0 Å². The van der Waals surface area contributed by atoms with E-state index in [1.54, 1.807) is 18.9 Å². The number of hydrogen-bond donors (Lipinski definition) is 1. The SMILES string of the molecule is COc1cccc(SC2=C(C(C)C)NC(COCc3ccccc3)N2Cc2ccncc2)c1. The van der Waals surface area contributed by atoms with Crippen LogP contribution < -0.4 is 10.1 Å². The molecule has 1 aromatic heterocycles. The minimum absolute atomic E-state index is 0.0485. The smallest absolute Gasteiger partial charge is 0.124 e. The summed E-state index contributed by atoms with van der Waals surface area (Å²) in [7, 11) is 1.70. The van der Waals surface area contributed by atoms with Gasteiger partial charge in [0.05, 0.1) is 25.4 Å². The summed E-state index contributed by atoms with van der Waals surface area (Å²) in [6, 6.07) is 22.7. The van der Waals surface area contributed by atoms with Gasteiger partial charge in [0.1, 0.15) is 11.9 Å². The Morgan fingerprint density at radius 3 is 2.52 bits per heavy atom. The zero-order valence-electron chi connectivity index (χ0n) is 19.4. The lowest BCUT2D eigenvalue weighted by Gasteiger charge is -2.29. The Balaban J connectivity index is 1.57. The first kappa shape index (κ1) is 23.2. The highest BCUT2D eigenvalue weighted by atomic mass is 32.2. The lowest BCUT2D eigenvalue weighted by molar-refractivity contribution is 0.0623. The molecule has 0 bridgehead atoms. The van der Waals surface area contributed by atoms with E-state index >= 15 is 0 Å². The Bertz CT molecular complexity index is 1060. The number of thioether (sulfide) groups is 1. The van der Waals surface area contributed by atoms with E-state index < -0.39 is 0 Å². The van der Waals surface area contributed by atoms with Crippen LogP contribution in [0.3, 0.4) is 0 Å². The second-order valence-corrected chi connectivity index (χ2v) is 9.36. The molecule has 33 heavy (non-hydrogen) atoms. The van der Waals surface area contributed by atoms with E-state index in [9.17, 15) is 0 Å². The number of hydrogen-bond acceptors (Lipinski definition) is 6. The van der Waals surface area contributed by atoms with Crippen molar-refractivity contribution in [2.45, 2.75) is 38.1 Å². The fourth-order valence-corrected chi connectivity index (χ4v) is 5.04. The predicted octanol–water partition coefficient (Wildman–Crippen LogP) is 5.66. The lowest BCUT2D eigenvalue weighted by Crippen LogP contribution is -2.41. The van der Waals surface area contributed by atoms with Crippen LogP contribution in [-0.2, 0) is 17.9 Å². The van der Waals surface area contributed by atoms with Gasteiger partial charge in [-0.1, -0.05) is 62.0 Å². The first-order valence-electron chi connectivity index (χ1n) is 11.2. The van der Waals surface area contributed by atoms with Gasteiger partial charge in [0.2, 0.25) is 0 Å². The summed E-state index contributed by atoms with van der Waals surface area (Å²) in [6.07, 6.45) is 3.75. The highest BCUT2D eigenvalue weighted by Gasteiger charge is 2.33. The Kier molecular flexibility index (Phi) is 7.92. The molecule has 0 spiro atoms. The second kappa shape index (κ2) is 11.3. The molecule has 1 aliphatic rings. The van der Waals surface area contributed by atoms with E-state index in [1.807, 2.05) is 42.7 Å². The normalized spacial score (nSPS) is 15.8. The van der Waals surface area contributed by atoms with E-state index in [0.717, 1.165) is 17.2 Å². The minimum Gasteiger partial charge on any atom is -0.497 e. The van der Waals surface area contributed by atoms with Crippen molar-refractivity contribution < 1.29 is 9.47 Å². The van der Waals surface area contributed by atoms with Crippen molar-refractivity contribution in [2.75, 3.05) is 13.7 Å². The zero-order valence-corrected chi connectivity index (χ0v) is 20.2. The molecule has 2 aromatic carbocycles. The van der Waals surface area contributed by atoms with Gasteiger partial charge in [-0.2, -0.15) is 0 Å². The Labute approximate surface area is 200 Å². The monoisotopic (exact) mass is 461 g/mol. The maximum atomic E-state index is 6.16. The van der Waals surface area contributed by atoms with Gasteiger partial charge < -0.3 is 19.7 Å². The molecule has 2 heterocycles. The van der Waals surface area contributed by atoms with Crippen molar-refractivity contribution in [3.05, 3.63) is 101 Å². The highest BCUT2D eigenvalue weighted by Crippen LogP contribution is 2.39. The van der Waals surface area contributed by atoms with Crippen LogP contribution >= 0.6 is 11.8 Å². The molecule has 5 nitrogen and oxygen atoms in total. The van der Waals surface area contributed by atoms with Gasteiger partial charge in [-0.05, 0) is 47.4 Å². The third-order valence-electron chi connectivity index (χ3n) is 5.51. The minimum atomic E-state index is 0.0485. The van der Waals surface area contributed by atoms with Crippen LogP contribution in [0.5, 0.6) is 5.75 Å². The average molecular weight is 462 g/mol. The third kappa shape index (κ3) is 6.09. The zero-order chi connectivity index (χ0) is 23.0. The maximum Gasteiger partial charge on any atom is 0.124 e. The fourth-order valence-electron chi connectivity index (χ4n) is 3.78. The number of ether oxygens (including phenoxy) is 2. The number of allylic oxidation sites excluding steroid dienone is 1. The van der Waals surface area contributed by atoms with Crippen LogP contribution in [0.1, 0.15) is 25.0 Å². The number of benzene rings is 2. The topological polar surface area (TPSA) is 46.6 Å². The van der Waals surface area contributed by atoms with Crippen molar-refractivity contribution in [2.24, 2.45) is 5.92 Å². The van der Waals surface area contributed by atoms with Gasteiger partial charge in [0.25, 0.3) is 0 Å². The number of aromatic nitrogens is 1. The quantitative estimate of drug-likeness (QED) is 0.421. The van der Waals surface area contributed by atoms with E-state index in [2.05, 4.69) is 65.4 Å². The van der Waals surface area contributed by atoms with E-state index in [4.69, 9.17) is 9.47 Å².